The Kier molecular flexibility index (Phi) is 5.41. The minimum absolute atomic E-state index is 0.251. The molecule has 7 heteroatoms. The van der Waals surface area contributed by atoms with E-state index >= 15 is 0 Å². The summed E-state index contributed by atoms with van der Waals surface area (Å²) in [6.45, 7) is 0. The number of halogens is 2. The topological polar surface area (TPSA) is 86.6 Å². The van der Waals surface area contributed by atoms with Gasteiger partial charge in [0.2, 0.25) is 0 Å². The van der Waals surface area contributed by atoms with Gasteiger partial charge in [0.25, 0.3) is 0 Å². The summed E-state index contributed by atoms with van der Waals surface area (Å²) in [5.74, 6) is -2.53. The van der Waals surface area contributed by atoms with Crippen LogP contribution in [0.4, 0.5) is 5.69 Å². The summed E-state index contributed by atoms with van der Waals surface area (Å²) in [7, 11) is 0. The third-order valence-electron chi connectivity index (χ3n) is 1.99. The molecule has 1 rings (SSSR count). The zero-order valence-corrected chi connectivity index (χ0v) is 10.9. The maximum absolute atomic E-state index is 10.9. The predicted molar refractivity (Wildman–Crippen MR) is 72.6 cm³/mol. The molecule has 0 saturated carbocycles. The van der Waals surface area contributed by atoms with E-state index in [1.807, 2.05) is 0 Å². The maximum atomic E-state index is 10.9. The zero-order chi connectivity index (χ0) is 14.4. The summed E-state index contributed by atoms with van der Waals surface area (Å²) in [6.07, 6.45) is 2.77. The van der Waals surface area contributed by atoms with Crippen LogP contribution >= 0.6 is 23.2 Å². The van der Waals surface area contributed by atoms with Crippen LogP contribution in [-0.2, 0) is 9.59 Å². The third kappa shape index (κ3) is 4.65. The molecule has 0 unspecified atom stereocenters. The number of anilines is 1. The molecule has 5 nitrogen and oxygen atoms in total. The highest BCUT2D eigenvalue weighted by molar-refractivity contribution is 6.39. The monoisotopic (exact) mass is 301 g/mol. The van der Waals surface area contributed by atoms with E-state index in [1.165, 1.54) is 0 Å². The molecule has 0 bridgehead atoms. The molecule has 0 amide bonds. The Hall–Kier alpha value is -1.98. The molecule has 0 aliphatic heterocycles. The van der Waals surface area contributed by atoms with Gasteiger partial charge in [-0.1, -0.05) is 29.3 Å². The number of carbonyl (C=O) groups is 2. The van der Waals surface area contributed by atoms with E-state index in [9.17, 15) is 9.59 Å². The molecule has 0 aromatic heterocycles. The zero-order valence-electron chi connectivity index (χ0n) is 9.43. The molecule has 19 heavy (non-hydrogen) atoms. The first-order chi connectivity index (χ1) is 8.91. The average molecular weight is 302 g/mol. The summed E-state index contributed by atoms with van der Waals surface area (Å²) in [4.78, 5) is 21.2. The molecular formula is C12H9Cl2NO4. The van der Waals surface area contributed by atoms with Crippen molar-refractivity contribution in [1.29, 1.82) is 0 Å². The van der Waals surface area contributed by atoms with E-state index in [0.29, 0.717) is 15.7 Å². The van der Waals surface area contributed by atoms with Crippen LogP contribution in [0.3, 0.4) is 0 Å². The lowest BCUT2D eigenvalue weighted by Crippen LogP contribution is -2.02. The fourth-order valence-electron chi connectivity index (χ4n) is 1.13. The predicted octanol–water partition coefficient (Wildman–Crippen LogP) is 3.01. The molecule has 0 aliphatic rings. The van der Waals surface area contributed by atoms with Gasteiger partial charge in [-0.2, -0.15) is 0 Å². The van der Waals surface area contributed by atoms with E-state index in [1.54, 1.807) is 18.2 Å². The van der Waals surface area contributed by atoms with E-state index in [2.05, 4.69) is 5.32 Å². The van der Waals surface area contributed by atoms with Crippen LogP contribution in [-0.4, -0.2) is 22.2 Å². The summed E-state index contributed by atoms with van der Waals surface area (Å²) >= 11 is 11.8. The van der Waals surface area contributed by atoms with E-state index < -0.39 is 11.9 Å². The fourth-order valence-corrected chi connectivity index (χ4v) is 1.63. The number of nitrogens with one attached hydrogen (secondary N) is 1. The quantitative estimate of drug-likeness (QED) is 0.575. The standard InChI is InChI=1S/C12H9Cl2NO4/c13-8-2-1-3-9(14)11(8)15-6-7(12(18)19)4-5-10(16)17/h1-6,15H,(H,16,17)(H,18,19)/b5-4+,7-6?. The highest BCUT2D eigenvalue weighted by Gasteiger charge is 2.07. The van der Waals surface area contributed by atoms with Gasteiger partial charge in [0.05, 0.1) is 21.3 Å². The molecule has 0 radical (unpaired) electrons. The SMILES string of the molecule is O=C(O)/C=C/C(=CNc1c(Cl)cccc1Cl)C(=O)O. The molecule has 0 aliphatic carbocycles. The summed E-state index contributed by atoms with van der Waals surface area (Å²) in [5, 5.41) is 20.6. The third-order valence-corrected chi connectivity index (χ3v) is 2.62. The lowest BCUT2D eigenvalue weighted by Gasteiger charge is -2.06. The summed E-state index contributed by atoms with van der Waals surface area (Å²) in [6, 6.07) is 4.80. The van der Waals surface area contributed by atoms with Crippen molar-refractivity contribution in [2.45, 2.75) is 0 Å². The molecule has 0 atom stereocenters. The number of carboxylic acid groups (broad SMARTS) is 2. The van der Waals surface area contributed by atoms with E-state index in [-0.39, 0.29) is 5.57 Å². The first-order valence-electron chi connectivity index (χ1n) is 4.97. The van der Waals surface area contributed by atoms with Gasteiger partial charge in [-0.3, -0.25) is 0 Å². The average Bonchev–Trinajstić information content (AvgIpc) is 2.31. The van der Waals surface area contributed by atoms with Crippen molar-refractivity contribution >= 4 is 40.8 Å². The Morgan fingerprint density at radius 1 is 1.11 bits per heavy atom. The number of carboxylic acids is 2. The largest absolute Gasteiger partial charge is 0.478 e. The number of hydrogen-bond donors (Lipinski definition) is 3. The van der Waals surface area contributed by atoms with Crippen LogP contribution in [0, 0.1) is 0 Å². The maximum Gasteiger partial charge on any atom is 0.337 e. The molecule has 0 fully saturated rings. The summed E-state index contributed by atoms with van der Waals surface area (Å²) in [5.41, 5.74) is 0.0895. The first-order valence-corrected chi connectivity index (χ1v) is 5.72. The van der Waals surface area contributed by atoms with Crippen molar-refractivity contribution in [3.05, 3.63) is 52.2 Å². The number of benzene rings is 1. The van der Waals surface area contributed by atoms with Crippen molar-refractivity contribution < 1.29 is 19.8 Å². The van der Waals surface area contributed by atoms with Gasteiger partial charge in [-0.25, -0.2) is 9.59 Å². The highest BCUT2D eigenvalue weighted by Crippen LogP contribution is 2.29. The minimum atomic E-state index is -1.28. The van der Waals surface area contributed by atoms with Gasteiger partial charge in [-0.05, 0) is 18.2 Å². The van der Waals surface area contributed by atoms with Crippen molar-refractivity contribution in [3.63, 3.8) is 0 Å². The Labute approximate surface area is 118 Å². The molecule has 0 heterocycles. The molecular weight excluding hydrogens is 293 g/mol. The van der Waals surface area contributed by atoms with Gasteiger partial charge >= 0.3 is 11.9 Å². The number of hydrogen-bond acceptors (Lipinski definition) is 3. The minimum Gasteiger partial charge on any atom is -0.478 e. The Morgan fingerprint density at radius 2 is 1.68 bits per heavy atom. The van der Waals surface area contributed by atoms with Crippen LogP contribution < -0.4 is 5.32 Å². The summed E-state index contributed by atoms with van der Waals surface area (Å²) < 4.78 is 0. The van der Waals surface area contributed by atoms with Crippen LogP contribution in [0.5, 0.6) is 0 Å². The highest BCUT2D eigenvalue weighted by atomic mass is 35.5. The van der Waals surface area contributed by atoms with E-state index in [4.69, 9.17) is 33.4 Å². The molecule has 1 aromatic carbocycles. The lowest BCUT2D eigenvalue weighted by molar-refractivity contribution is -0.132. The van der Waals surface area contributed by atoms with Gasteiger partial charge in [-0.15, -0.1) is 0 Å². The Balaban J connectivity index is 2.99. The molecule has 100 valence electrons. The van der Waals surface area contributed by atoms with Gasteiger partial charge < -0.3 is 15.5 Å². The number of aliphatic carboxylic acids is 2. The number of para-hydroxylation sites is 1. The fraction of sp³-hybridized carbons (Fsp3) is 0. The second kappa shape index (κ2) is 6.82. The van der Waals surface area contributed by atoms with Crippen LogP contribution in [0.15, 0.2) is 42.1 Å². The van der Waals surface area contributed by atoms with Gasteiger partial charge in [0.1, 0.15) is 0 Å². The van der Waals surface area contributed by atoms with E-state index in [0.717, 1.165) is 18.4 Å². The van der Waals surface area contributed by atoms with Crippen molar-refractivity contribution in [3.8, 4) is 0 Å². The second-order valence-electron chi connectivity index (χ2n) is 3.32. The second-order valence-corrected chi connectivity index (χ2v) is 4.13. The van der Waals surface area contributed by atoms with Crippen LogP contribution in [0.1, 0.15) is 0 Å². The smallest absolute Gasteiger partial charge is 0.337 e. The first kappa shape index (κ1) is 15.1. The van der Waals surface area contributed by atoms with Crippen molar-refractivity contribution in [1.82, 2.24) is 0 Å². The van der Waals surface area contributed by atoms with Crippen LogP contribution in [0.25, 0.3) is 0 Å². The van der Waals surface area contributed by atoms with Crippen molar-refractivity contribution in [2.24, 2.45) is 0 Å². The Bertz CT molecular complexity index is 547. The van der Waals surface area contributed by atoms with Crippen LogP contribution in [0.2, 0.25) is 10.0 Å². The molecule has 1 aromatic rings. The Morgan fingerprint density at radius 3 is 2.16 bits per heavy atom. The van der Waals surface area contributed by atoms with Crippen molar-refractivity contribution in [2.75, 3.05) is 5.32 Å². The van der Waals surface area contributed by atoms with Gasteiger partial charge in [0.15, 0.2) is 0 Å². The normalized spacial score (nSPS) is 11.6. The molecule has 0 spiro atoms. The molecule has 3 N–H and O–H groups in total. The molecule has 0 saturated heterocycles. The van der Waals surface area contributed by atoms with Gasteiger partial charge in [0, 0.05) is 12.3 Å². The number of rotatable bonds is 5. The lowest BCUT2D eigenvalue weighted by atomic mass is 10.2.